The van der Waals surface area contributed by atoms with Crippen LogP contribution in [0.25, 0.3) is 22.2 Å². The first-order valence-corrected chi connectivity index (χ1v) is 8.49. The van der Waals surface area contributed by atoms with Gasteiger partial charge in [0.05, 0.1) is 23.4 Å². The number of carbonyl (C=O) groups is 1. The third kappa shape index (κ3) is 2.57. The summed E-state index contributed by atoms with van der Waals surface area (Å²) in [5.41, 5.74) is 5.27. The van der Waals surface area contributed by atoms with Crippen LogP contribution < -0.4 is 10.6 Å². The van der Waals surface area contributed by atoms with Gasteiger partial charge in [0.1, 0.15) is 6.17 Å². The molecule has 0 radical (unpaired) electrons. The van der Waals surface area contributed by atoms with Crippen LogP contribution in [0.15, 0.2) is 48.5 Å². The van der Waals surface area contributed by atoms with Gasteiger partial charge in [-0.15, -0.1) is 0 Å². The van der Waals surface area contributed by atoms with Crippen molar-refractivity contribution in [3.63, 3.8) is 0 Å². The van der Waals surface area contributed by atoms with E-state index in [4.69, 9.17) is 0 Å². The topological polar surface area (TPSA) is 49.3 Å². The van der Waals surface area contributed by atoms with Gasteiger partial charge in [0.25, 0.3) is 0 Å². The number of benzene rings is 2. The van der Waals surface area contributed by atoms with E-state index in [1.54, 1.807) is 0 Å². The summed E-state index contributed by atoms with van der Waals surface area (Å²) >= 11 is 0. The lowest BCUT2D eigenvalue weighted by Crippen LogP contribution is -2.27. The Morgan fingerprint density at radius 2 is 1.88 bits per heavy atom. The van der Waals surface area contributed by atoms with Crippen LogP contribution in [0.2, 0.25) is 0 Å². The maximum Gasteiger partial charge on any atom is 0.238 e. The van der Waals surface area contributed by atoms with Gasteiger partial charge in [0.15, 0.2) is 0 Å². The minimum Gasteiger partial charge on any atom is -0.365 e. The molecule has 1 aliphatic heterocycles. The van der Waals surface area contributed by atoms with Gasteiger partial charge in [-0.05, 0) is 33.2 Å². The molecule has 1 atom stereocenters. The SMILES string of the molecule is CC1Nc2ccccc2-c2c(NC(=O)CN(C)C)c3ccccc3n21. The molecule has 2 N–H and O–H groups in total. The van der Waals surface area contributed by atoms with Gasteiger partial charge in [0, 0.05) is 16.6 Å². The summed E-state index contributed by atoms with van der Waals surface area (Å²) in [6, 6.07) is 16.5. The molecule has 5 nitrogen and oxygen atoms in total. The smallest absolute Gasteiger partial charge is 0.238 e. The number of aromatic nitrogens is 1. The number of fused-ring (bicyclic) bond motifs is 5. The first-order chi connectivity index (χ1) is 12.1. The van der Waals surface area contributed by atoms with E-state index in [0.29, 0.717) is 6.54 Å². The van der Waals surface area contributed by atoms with E-state index in [2.05, 4.69) is 46.4 Å². The molecule has 0 bridgehead atoms. The van der Waals surface area contributed by atoms with Crippen LogP contribution >= 0.6 is 0 Å². The van der Waals surface area contributed by atoms with Gasteiger partial charge < -0.3 is 20.1 Å². The summed E-state index contributed by atoms with van der Waals surface area (Å²) in [5, 5.41) is 7.77. The molecule has 1 amide bonds. The molecule has 0 saturated carbocycles. The number of hydrogen-bond acceptors (Lipinski definition) is 3. The molecule has 2 heterocycles. The van der Waals surface area contributed by atoms with E-state index in [0.717, 1.165) is 33.5 Å². The Labute approximate surface area is 147 Å². The second kappa shape index (κ2) is 5.93. The minimum atomic E-state index is -0.00665. The highest BCUT2D eigenvalue weighted by Gasteiger charge is 2.28. The molecule has 0 aliphatic carbocycles. The maximum absolute atomic E-state index is 12.5. The van der Waals surface area contributed by atoms with Crippen LogP contribution in [0.3, 0.4) is 0 Å². The molecular formula is C20H22N4O. The van der Waals surface area contributed by atoms with Gasteiger partial charge in [-0.2, -0.15) is 0 Å². The predicted molar refractivity (Wildman–Crippen MR) is 103 cm³/mol. The fourth-order valence-corrected chi connectivity index (χ4v) is 3.63. The molecule has 1 aromatic heterocycles. The van der Waals surface area contributed by atoms with E-state index >= 15 is 0 Å². The van der Waals surface area contributed by atoms with Gasteiger partial charge in [-0.3, -0.25) is 4.79 Å². The third-order valence-corrected chi connectivity index (χ3v) is 4.57. The van der Waals surface area contributed by atoms with Crippen molar-refractivity contribution in [3.8, 4) is 11.3 Å². The maximum atomic E-state index is 12.5. The van der Waals surface area contributed by atoms with Gasteiger partial charge in [-0.25, -0.2) is 0 Å². The van der Waals surface area contributed by atoms with Crippen molar-refractivity contribution in [1.82, 2.24) is 9.47 Å². The van der Waals surface area contributed by atoms with E-state index < -0.39 is 0 Å². The van der Waals surface area contributed by atoms with Crippen molar-refractivity contribution < 1.29 is 4.79 Å². The zero-order chi connectivity index (χ0) is 17.6. The molecule has 0 fully saturated rings. The Kier molecular flexibility index (Phi) is 3.73. The van der Waals surface area contributed by atoms with E-state index in [9.17, 15) is 4.79 Å². The summed E-state index contributed by atoms with van der Waals surface area (Å²) in [7, 11) is 3.79. The molecule has 25 heavy (non-hydrogen) atoms. The number of rotatable bonds is 3. The number of nitrogens with zero attached hydrogens (tertiary/aromatic N) is 2. The quantitative estimate of drug-likeness (QED) is 0.767. The Hall–Kier alpha value is -2.79. The third-order valence-electron chi connectivity index (χ3n) is 4.57. The number of amides is 1. The number of para-hydroxylation sites is 2. The summed E-state index contributed by atoms with van der Waals surface area (Å²) in [5.74, 6) is -0.00665. The summed E-state index contributed by atoms with van der Waals surface area (Å²) < 4.78 is 2.27. The van der Waals surface area contributed by atoms with Crippen LogP contribution in [-0.2, 0) is 4.79 Å². The monoisotopic (exact) mass is 334 g/mol. The number of carbonyl (C=O) groups excluding carboxylic acids is 1. The molecule has 3 aromatic rings. The molecule has 5 heteroatoms. The number of hydrogen-bond donors (Lipinski definition) is 2. The number of anilines is 2. The highest BCUT2D eigenvalue weighted by atomic mass is 16.2. The first kappa shape index (κ1) is 15.7. The van der Waals surface area contributed by atoms with Crippen molar-refractivity contribution in [2.75, 3.05) is 31.3 Å². The first-order valence-electron chi connectivity index (χ1n) is 8.49. The van der Waals surface area contributed by atoms with E-state index in [1.807, 2.05) is 43.3 Å². The normalized spacial score (nSPS) is 15.6. The van der Waals surface area contributed by atoms with Gasteiger partial charge in [-0.1, -0.05) is 36.4 Å². The standard InChI is InChI=1S/C20H22N4O/c1-13-21-16-10-6-4-8-14(16)20-19(22-18(25)12-23(2)3)15-9-5-7-11-17(15)24(13)20/h4-11,13,21H,12H2,1-3H3,(H,22,25). The van der Waals surface area contributed by atoms with Crippen LogP contribution in [0.5, 0.6) is 0 Å². The molecule has 4 rings (SSSR count). The van der Waals surface area contributed by atoms with Crippen LogP contribution in [0.1, 0.15) is 13.1 Å². The second-order valence-corrected chi connectivity index (χ2v) is 6.76. The van der Waals surface area contributed by atoms with Crippen molar-refractivity contribution in [2.24, 2.45) is 0 Å². The summed E-state index contributed by atoms with van der Waals surface area (Å²) in [6.07, 6.45) is 0.106. The molecule has 1 aliphatic rings. The molecule has 0 saturated heterocycles. The summed E-state index contributed by atoms with van der Waals surface area (Å²) in [6.45, 7) is 2.49. The zero-order valence-electron chi connectivity index (χ0n) is 14.7. The minimum absolute atomic E-state index is 0.00665. The van der Waals surface area contributed by atoms with Crippen molar-refractivity contribution in [2.45, 2.75) is 13.1 Å². The Morgan fingerprint density at radius 3 is 2.68 bits per heavy atom. The van der Waals surface area contributed by atoms with E-state index in [1.165, 1.54) is 0 Å². The van der Waals surface area contributed by atoms with Crippen molar-refractivity contribution in [1.29, 1.82) is 0 Å². The zero-order valence-corrected chi connectivity index (χ0v) is 14.7. The molecular weight excluding hydrogens is 312 g/mol. The average molecular weight is 334 g/mol. The van der Waals surface area contributed by atoms with Gasteiger partial charge in [0.2, 0.25) is 5.91 Å². The highest BCUT2D eigenvalue weighted by Crippen LogP contribution is 2.46. The predicted octanol–water partition coefficient (Wildman–Crippen LogP) is 3.75. The van der Waals surface area contributed by atoms with Gasteiger partial charge >= 0.3 is 0 Å². The van der Waals surface area contributed by atoms with Crippen molar-refractivity contribution in [3.05, 3.63) is 48.5 Å². The van der Waals surface area contributed by atoms with E-state index in [-0.39, 0.29) is 12.1 Å². The summed E-state index contributed by atoms with van der Waals surface area (Å²) in [4.78, 5) is 14.3. The van der Waals surface area contributed by atoms with Crippen LogP contribution in [0, 0.1) is 0 Å². The fraction of sp³-hybridized carbons (Fsp3) is 0.250. The Morgan fingerprint density at radius 1 is 1.16 bits per heavy atom. The number of nitrogens with one attached hydrogen (secondary N) is 2. The van der Waals surface area contributed by atoms with Crippen LogP contribution in [-0.4, -0.2) is 36.0 Å². The van der Waals surface area contributed by atoms with Crippen molar-refractivity contribution >= 4 is 28.2 Å². The lowest BCUT2D eigenvalue weighted by atomic mass is 10.1. The molecule has 0 spiro atoms. The number of likely N-dealkylation sites (N-methyl/N-ethyl adjacent to an activating group) is 1. The Bertz CT molecular complexity index is 957. The average Bonchev–Trinajstić information content (AvgIpc) is 2.90. The molecule has 128 valence electrons. The lowest BCUT2D eigenvalue weighted by molar-refractivity contribution is -0.116. The Balaban J connectivity index is 1.96. The van der Waals surface area contributed by atoms with Crippen LogP contribution in [0.4, 0.5) is 11.4 Å². The fourth-order valence-electron chi connectivity index (χ4n) is 3.63. The highest BCUT2D eigenvalue weighted by molar-refractivity contribution is 6.10. The molecule has 1 unspecified atom stereocenters. The molecule has 2 aromatic carbocycles. The largest absolute Gasteiger partial charge is 0.365 e. The second-order valence-electron chi connectivity index (χ2n) is 6.76. The lowest BCUT2D eigenvalue weighted by Gasteiger charge is -2.29.